The Hall–Kier alpha value is -3.01. The van der Waals surface area contributed by atoms with Crippen molar-refractivity contribution >= 4 is 5.97 Å². The Morgan fingerprint density at radius 1 is 0.941 bits per heavy atom. The van der Waals surface area contributed by atoms with Crippen LogP contribution in [0.1, 0.15) is 80.6 Å². The van der Waals surface area contributed by atoms with E-state index in [1.807, 2.05) is 0 Å². The Morgan fingerprint density at radius 2 is 1.59 bits per heavy atom. The number of rotatable bonds is 10. The number of carbonyl (C=O) groups is 1. The van der Waals surface area contributed by atoms with Crippen LogP contribution in [0.5, 0.6) is 11.5 Å². The van der Waals surface area contributed by atoms with E-state index in [4.69, 9.17) is 14.7 Å². The highest BCUT2D eigenvalue weighted by molar-refractivity contribution is 5.91. The van der Waals surface area contributed by atoms with E-state index in [-0.39, 0.29) is 5.56 Å². The fraction of sp³-hybridized carbons (Fsp3) is 0.481. The van der Waals surface area contributed by atoms with Crippen LogP contribution < -0.4 is 9.47 Å². The number of unbranched alkanes of at least 4 members (excludes halogenated alkanes) is 3. The van der Waals surface area contributed by atoms with Gasteiger partial charge >= 0.3 is 5.97 Å². The minimum absolute atomic E-state index is 0.311. The maximum atomic E-state index is 14.5. The van der Waals surface area contributed by atoms with Crippen molar-refractivity contribution in [2.75, 3.05) is 6.61 Å². The average molecular weight is 474 g/mol. The van der Waals surface area contributed by atoms with Crippen molar-refractivity contribution in [2.45, 2.75) is 64.7 Å². The molecule has 1 aliphatic rings. The summed E-state index contributed by atoms with van der Waals surface area (Å²) in [5, 5.41) is 8.70. The van der Waals surface area contributed by atoms with E-state index in [0.29, 0.717) is 30.4 Å². The third-order valence-electron chi connectivity index (χ3n) is 6.42. The van der Waals surface area contributed by atoms with Crippen molar-refractivity contribution in [3.05, 3.63) is 58.9 Å². The zero-order valence-electron chi connectivity index (χ0n) is 19.4. The SMILES string of the molecule is CCCCCC[C@H]1CC[C@H](COc2ccc(C(=O)Oc3cc(F)c(C#N)c(F)c3)c(F)c2)CC1. The van der Waals surface area contributed by atoms with Gasteiger partial charge in [0.2, 0.25) is 0 Å². The van der Waals surface area contributed by atoms with Gasteiger partial charge in [0.15, 0.2) is 0 Å². The standard InChI is InChI=1S/C27H30F3NO3/c1-2-3-4-5-6-18-7-9-19(10-8-18)17-33-20-11-12-22(24(28)13-20)27(32)34-21-14-25(29)23(16-31)26(30)15-21/h11-15,18-19H,2-10,17H2,1H3/t18-,19-. The van der Waals surface area contributed by atoms with Crippen LogP contribution >= 0.6 is 0 Å². The van der Waals surface area contributed by atoms with Crippen LogP contribution in [0, 0.1) is 40.6 Å². The van der Waals surface area contributed by atoms with Crippen molar-refractivity contribution in [1.29, 1.82) is 5.26 Å². The van der Waals surface area contributed by atoms with Crippen LogP contribution in [0.25, 0.3) is 0 Å². The maximum absolute atomic E-state index is 14.5. The van der Waals surface area contributed by atoms with Gasteiger partial charge in [-0.25, -0.2) is 18.0 Å². The highest BCUT2D eigenvalue weighted by Crippen LogP contribution is 2.32. The number of esters is 1. The molecule has 0 radical (unpaired) electrons. The Labute approximate surface area is 198 Å². The Kier molecular flexibility index (Phi) is 9.38. The molecule has 0 atom stereocenters. The lowest BCUT2D eigenvalue weighted by atomic mass is 9.80. The van der Waals surface area contributed by atoms with E-state index in [1.54, 1.807) is 0 Å². The Bertz CT molecular complexity index is 1000. The fourth-order valence-electron chi connectivity index (χ4n) is 4.39. The second-order valence-electron chi connectivity index (χ2n) is 8.95. The summed E-state index contributed by atoms with van der Waals surface area (Å²) >= 11 is 0. The fourth-order valence-corrected chi connectivity index (χ4v) is 4.39. The number of halogens is 3. The summed E-state index contributed by atoms with van der Waals surface area (Å²) < 4.78 is 52.5. The van der Waals surface area contributed by atoms with E-state index in [9.17, 15) is 18.0 Å². The highest BCUT2D eigenvalue weighted by Gasteiger charge is 2.22. The Morgan fingerprint density at radius 3 is 2.21 bits per heavy atom. The first kappa shape index (κ1) is 25.6. The van der Waals surface area contributed by atoms with E-state index in [0.717, 1.165) is 24.8 Å². The van der Waals surface area contributed by atoms with Crippen LogP contribution in [0.4, 0.5) is 13.2 Å². The molecule has 0 aliphatic heterocycles. The van der Waals surface area contributed by atoms with Crippen molar-refractivity contribution < 1.29 is 27.4 Å². The molecule has 0 amide bonds. The van der Waals surface area contributed by atoms with Gasteiger partial charge in [-0.3, -0.25) is 0 Å². The molecule has 34 heavy (non-hydrogen) atoms. The second-order valence-corrected chi connectivity index (χ2v) is 8.95. The lowest BCUT2D eigenvalue weighted by Crippen LogP contribution is -2.20. The third-order valence-corrected chi connectivity index (χ3v) is 6.42. The lowest BCUT2D eigenvalue weighted by molar-refractivity contribution is 0.0729. The summed E-state index contributed by atoms with van der Waals surface area (Å²) in [6, 6.07) is 6.58. The number of nitriles is 1. The molecule has 182 valence electrons. The van der Waals surface area contributed by atoms with E-state index in [1.165, 1.54) is 63.1 Å². The number of ether oxygens (including phenoxy) is 2. The van der Waals surface area contributed by atoms with Gasteiger partial charge in [0.05, 0.1) is 12.2 Å². The third kappa shape index (κ3) is 6.99. The summed E-state index contributed by atoms with van der Waals surface area (Å²) in [5.41, 5.74) is -1.17. The van der Waals surface area contributed by atoms with Crippen molar-refractivity contribution in [3.8, 4) is 17.6 Å². The molecule has 0 saturated heterocycles. The molecular formula is C27H30F3NO3. The van der Waals surface area contributed by atoms with Crippen LogP contribution in [0.2, 0.25) is 0 Å². The molecular weight excluding hydrogens is 443 g/mol. The monoisotopic (exact) mass is 473 g/mol. The predicted molar refractivity (Wildman–Crippen MR) is 122 cm³/mol. The summed E-state index contributed by atoms with van der Waals surface area (Å²) in [7, 11) is 0. The van der Waals surface area contributed by atoms with Gasteiger partial charge in [-0.05, 0) is 36.8 Å². The predicted octanol–water partition coefficient (Wildman–Crippen LogP) is 7.35. The first-order valence-electron chi connectivity index (χ1n) is 11.9. The molecule has 1 aliphatic carbocycles. The number of benzene rings is 2. The van der Waals surface area contributed by atoms with Crippen LogP contribution in [0.3, 0.4) is 0 Å². The molecule has 0 unspecified atom stereocenters. The van der Waals surface area contributed by atoms with Gasteiger partial charge in [-0.2, -0.15) is 5.26 Å². The van der Waals surface area contributed by atoms with E-state index in [2.05, 4.69) is 6.92 Å². The van der Waals surface area contributed by atoms with Gasteiger partial charge < -0.3 is 9.47 Å². The van der Waals surface area contributed by atoms with Crippen LogP contribution in [0.15, 0.2) is 30.3 Å². The molecule has 4 nitrogen and oxygen atoms in total. The van der Waals surface area contributed by atoms with Gasteiger partial charge in [-0.15, -0.1) is 0 Å². The van der Waals surface area contributed by atoms with Crippen molar-refractivity contribution in [1.82, 2.24) is 0 Å². The topological polar surface area (TPSA) is 59.3 Å². The number of carbonyl (C=O) groups excluding carboxylic acids is 1. The molecule has 7 heteroatoms. The number of hydrogen-bond acceptors (Lipinski definition) is 4. The molecule has 0 bridgehead atoms. The Balaban J connectivity index is 1.49. The average Bonchev–Trinajstić information content (AvgIpc) is 2.81. The maximum Gasteiger partial charge on any atom is 0.346 e. The zero-order chi connectivity index (χ0) is 24.5. The molecule has 3 rings (SSSR count). The van der Waals surface area contributed by atoms with Gasteiger partial charge in [-0.1, -0.05) is 51.9 Å². The second kappa shape index (κ2) is 12.5. The van der Waals surface area contributed by atoms with E-state index >= 15 is 0 Å². The van der Waals surface area contributed by atoms with E-state index < -0.39 is 34.7 Å². The molecule has 0 heterocycles. The largest absolute Gasteiger partial charge is 0.493 e. The van der Waals surface area contributed by atoms with Crippen molar-refractivity contribution in [3.63, 3.8) is 0 Å². The molecule has 1 saturated carbocycles. The highest BCUT2D eigenvalue weighted by atomic mass is 19.1. The minimum Gasteiger partial charge on any atom is -0.493 e. The lowest BCUT2D eigenvalue weighted by Gasteiger charge is -2.28. The molecule has 2 aromatic carbocycles. The first-order valence-corrected chi connectivity index (χ1v) is 11.9. The van der Waals surface area contributed by atoms with Crippen LogP contribution in [-0.2, 0) is 0 Å². The summed E-state index contributed by atoms with van der Waals surface area (Å²) in [6.07, 6.45) is 11.1. The van der Waals surface area contributed by atoms with Gasteiger partial charge in [0.25, 0.3) is 0 Å². The summed E-state index contributed by atoms with van der Waals surface area (Å²) in [5.74, 6) is -3.21. The van der Waals surface area contributed by atoms with Crippen molar-refractivity contribution in [2.24, 2.45) is 11.8 Å². The molecule has 0 spiro atoms. The quantitative estimate of drug-likeness (QED) is 0.206. The summed E-state index contributed by atoms with van der Waals surface area (Å²) in [6.45, 7) is 2.72. The zero-order valence-corrected chi connectivity index (χ0v) is 19.4. The summed E-state index contributed by atoms with van der Waals surface area (Å²) in [4.78, 5) is 12.3. The smallest absolute Gasteiger partial charge is 0.346 e. The molecule has 0 N–H and O–H groups in total. The first-order chi connectivity index (χ1) is 16.4. The van der Waals surface area contributed by atoms with Gasteiger partial charge in [0.1, 0.15) is 40.6 Å². The van der Waals surface area contributed by atoms with Crippen LogP contribution in [-0.4, -0.2) is 12.6 Å². The molecule has 1 fully saturated rings. The molecule has 2 aromatic rings. The van der Waals surface area contributed by atoms with Gasteiger partial charge in [0, 0.05) is 18.2 Å². The normalized spacial score (nSPS) is 17.7. The minimum atomic E-state index is -1.17. The molecule has 0 aromatic heterocycles. The number of hydrogen-bond donors (Lipinski definition) is 0. The number of nitrogens with zero attached hydrogens (tertiary/aromatic N) is 1.